The summed E-state index contributed by atoms with van der Waals surface area (Å²) in [7, 11) is 0. The predicted molar refractivity (Wildman–Crippen MR) is 142 cm³/mol. The van der Waals surface area contributed by atoms with Gasteiger partial charge in [-0.15, -0.1) is 5.10 Å². The van der Waals surface area contributed by atoms with E-state index in [1.54, 1.807) is 6.20 Å². The Bertz CT molecular complexity index is 1370. The molecule has 9 nitrogen and oxygen atoms in total. The smallest absolute Gasteiger partial charge is 0.273 e. The van der Waals surface area contributed by atoms with Gasteiger partial charge in [0.05, 0.1) is 23.3 Å². The molecule has 0 bridgehead atoms. The number of nitrogens with zero attached hydrogens (tertiary/aromatic N) is 5. The second-order valence-corrected chi connectivity index (χ2v) is 11.2. The molecule has 11 heteroatoms. The third kappa shape index (κ3) is 5.47. The van der Waals surface area contributed by atoms with Crippen molar-refractivity contribution in [1.29, 1.82) is 0 Å². The Balaban J connectivity index is 1.19. The third-order valence-corrected chi connectivity index (χ3v) is 8.54. The molecule has 1 saturated heterocycles. The van der Waals surface area contributed by atoms with Gasteiger partial charge in [0.15, 0.2) is 11.5 Å². The molecular weight excluding hydrogens is 516 g/mol. The van der Waals surface area contributed by atoms with E-state index in [0.29, 0.717) is 19.0 Å². The van der Waals surface area contributed by atoms with Crippen molar-refractivity contribution in [2.75, 3.05) is 13.1 Å². The zero-order valence-electron chi connectivity index (χ0n) is 22.2. The number of pyridine rings is 1. The third-order valence-electron chi connectivity index (χ3n) is 8.54. The minimum Gasteiger partial charge on any atom is -0.347 e. The summed E-state index contributed by atoms with van der Waals surface area (Å²) in [6.07, 6.45) is 11.2. The summed E-state index contributed by atoms with van der Waals surface area (Å²) in [6, 6.07) is 8.87. The Labute approximate surface area is 231 Å². The quantitative estimate of drug-likeness (QED) is 0.468. The number of halogens is 2. The first kappa shape index (κ1) is 26.5. The van der Waals surface area contributed by atoms with E-state index < -0.39 is 35.0 Å². The summed E-state index contributed by atoms with van der Waals surface area (Å²) in [4.78, 5) is 33.9. The van der Waals surface area contributed by atoms with Crippen molar-refractivity contribution in [1.82, 2.24) is 35.5 Å². The van der Waals surface area contributed by atoms with Gasteiger partial charge in [-0.3, -0.25) is 19.5 Å². The normalized spacial score (nSPS) is 22.9. The summed E-state index contributed by atoms with van der Waals surface area (Å²) in [5.74, 6) is -2.56. The number of hydrogen-bond donors (Lipinski definition) is 2. The second-order valence-electron chi connectivity index (χ2n) is 11.2. The molecule has 3 fully saturated rings. The van der Waals surface area contributed by atoms with Gasteiger partial charge in [0.1, 0.15) is 11.5 Å². The fraction of sp³-hybridized carbons (Fsp3) is 0.483. The molecule has 0 radical (unpaired) electrons. The molecular formula is C29H33F2N7O2. The number of benzene rings is 1. The van der Waals surface area contributed by atoms with Crippen molar-refractivity contribution >= 4 is 11.8 Å². The van der Waals surface area contributed by atoms with Gasteiger partial charge < -0.3 is 10.6 Å². The summed E-state index contributed by atoms with van der Waals surface area (Å²) >= 11 is 0. The average Bonchev–Trinajstić information content (AvgIpc) is 3.59. The molecule has 2 aromatic heterocycles. The van der Waals surface area contributed by atoms with E-state index >= 15 is 0 Å². The highest BCUT2D eigenvalue weighted by Crippen LogP contribution is 2.45. The van der Waals surface area contributed by atoms with Crippen molar-refractivity contribution in [2.24, 2.45) is 5.92 Å². The van der Waals surface area contributed by atoms with Crippen LogP contribution in [0.25, 0.3) is 5.69 Å². The van der Waals surface area contributed by atoms with Crippen LogP contribution >= 0.6 is 0 Å². The Morgan fingerprint density at radius 1 is 1.02 bits per heavy atom. The largest absolute Gasteiger partial charge is 0.347 e. The zero-order chi connectivity index (χ0) is 27.7. The molecule has 210 valence electrons. The maximum absolute atomic E-state index is 14.2. The van der Waals surface area contributed by atoms with Crippen molar-refractivity contribution in [3.63, 3.8) is 0 Å². The van der Waals surface area contributed by atoms with Crippen LogP contribution in [0.5, 0.6) is 0 Å². The summed E-state index contributed by atoms with van der Waals surface area (Å²) in [6.45, 7) is 1.35. The molecule has 0 unspecified atom stereocenters. The highest BCUT2D eigenvalue weighted by molar-refractivity contribution is 5.93. The maximum atomic E-state index is 14.2. The molecule has 40 heavy (non-hydrogen) atoms. The van der Waals surface area contributed by atoms with Crippen LogP contribution in [0.1, 0.15) is 67.5 Å². The molecule has 2 atom stereocenters. The number of likely N-dealkylation sites (tertiary alicyclic amines) is 1. The van der Waals surface area contributed by atoms with Crippen molar-refractivity contribution < 1.29 is 18.4 Å². The molecule has 1 aromatic carbocycles. The van der Waals surface area contributed by atoms with Crippen molar-refractivity contribution in [2.45, 2.75) is 69.0 Å². The fourth-order valence-corrected chi connectivity index (χ4v) is 6.13. The number of hydrogen-bond acceptors (Lipinski definition) is 6. The fourth-order valence-electron chi connectivity index (χ4n) is 6.13. The van der Waals surface area contributed by atoms with Crippen molar-refractivity contribution in [3.05, 3.63) is 71.8 Å². The first-order chi connectivity index (χ1) is 19.4. The van der Waals surface area contributed by atoms with E-state index in [0.717, 1.165) is 54.7 Å². The van der Waals surface area contributed by atoms with Gasteiger partial charge >= 0.3 is 0 Å². The van der Waals surface area contributed by atoms with Crippen LogP contribution in [0.15, 0.2) is 48.8 Å². The minimum absolute atomic E-state index is 0.00950. The molecule has 3 aliphatic rings. The van der Waals surface area contributed by atoms with Gasteiger partial charge in [0.2, 0.25) is 5.91 Å². The second kappa shape index (κ2) is 11.0. The van der Waals surface area contributed by atoms with Crippen LogP contribution in [0, 0.1) is 17.6 Å². The highest BCUT2D eigenvalue weighted by atomic mass is 19.1. The SMILES string of the molecule is O=C(N[C@@H]1CCN(C2CCCCC2)C[C@H]1C(=O)NC1(c2ccccn2)CC1)c1cn(-c2ccc(F)cc2F)nn1. The van der Waals surface area contributed by atoms with Crippen LogP contribution in [0.3, 0.4) is 0 Å². The van der Waals surface area contributed by atoms with E-state index in [1.807, 2.05) is 18.2 Å². The number of piperidine rings is 1. The summed E-state index contributed by atoms with van der Waals surface area (Å²) in [5, 5.41) is 14.1. The number of nitrogens with one attached hydrogen (secondary N) is 2. The first-order valence-electron chi connectivity index (χ1n) is 14.1. The van der Waals surface area contributed by atoms with Gasteiger partial charge in [-0.2, -0.15) is 0 Å². The lowest BCUT2D eigenvalue weighted by atomic mass is 9.86. The standard InChI is InChI=1S/C29H33F2N7O2/c30-19-9-10-25(22(31)16-19)38-18-24(35-36-38)28(40)33-23-11-15-37(20-6-2-1-3-7-20)17-21(23)27(39)34-29(12-13-29)26-8-4-5-14-32-26/h4-5,8-10,14,16,18,20-21,23H,1-3,6-7,11-13,15,17H2,(H,33,40)(H,34,39)/t21-,23-/m1/s1. The Hall–Kier alpha value is -3.73. The van der Waals surface area contributed by atoms with Gasteiger partial charge in [0, 0.05) is 37.4 Å². The van der Waals surface area contributed by atoms with Gasteiger partial charge in [-0.25, -0.2) is 13.5 Å². The predicted octanol–water partition coefficient (Wildman–Crippen LogP) is 3.50. The average molecular weight is 550 g/mol. The number of carbonyl (C=O) groups is 2. The lowest BCUT2D eigenvalue weighted by Gasteiger charge is -2.43. The summed E-state index contributed by atoms with van der Waals surface area (Å²) in [5.41, 5.74) is 0.371. The van der Waals surface area contributed by atoms with E-state index in [2.05, 4.69) is 30.8 Å². The lowest BCUT2D eigenvalue weighted by Crippen LogP contribution is -2.58. The van der Waals surface area contributed by atoms with Crippen LogP contribution in [-0.2, 0) is 10.3 Å². The van der Waals surface area contributed by atoms with Gasteiger partial charge in [-0.1, -0.05) is 30.5 Å². The van der Waals surface area contributed by atoms with Crippen LogP contribution in [-0.4, -0.2) is 61.9 Å². The molecule has 2 aliphatic carbocycles. The van der Waals surface area contributed by atoms with Crippen LogP contribution in [0.4, 0.5) is 8.78 Å². The van der Waals surface area contributed by atoms with Gasteiger partial charge in [-0.05, 0) is 56.4 Å². The van der Waals surface area contributed by atoms with Gasteiger partial charge in [0.25, 0.3) is 5.91 Å². The van der Waals surface area contributed by atoms with Crippen molar-refractivity contribution in [3.8, 4) is 5.69 Å². The molecule has 3 heterocycles. The van der Waals surface area contributed by atoms with Crippen LogP contribution in [0.2, 0.25) is 0 Å². The molecule has 2 amide bonds. The Morgan fingerprint density at radius 3 is 2.58 bits per heavy atom. The molecule has 0 spiro atoms. The monoisotopic (exact) mass is 549 g/mol. The summed E-state index contributed by atoms with van der Waals surface area (Å²) < 4.78 is 28.6. The first-order valence-corrected chi connectivity index (χ1v) is 14.1. The molecule has 2 N–H and O–H groups in total. The lowest BCUT2D eigenvalue weighted by molar-refractivity contribution is -0.129. The number of aromatic nitrogens is 4. The zero-order valence-corrected chi connectivity index (χ0v) is 22.2. The topological polar surface area (TPSA) is 105 Å². The minimum atomic E-state index is -0.814. The Morgan fingerprint density at radius 2 is 1.85 bits per heavy atom. The molecule has 1 aliphatic heterocycles. The van der Waals surface area contributed by atoms with E-state index in [1.165, 1.54) is 31.5 Å². The van der Waals surface area contributed by atoms with E-state index in [9.17, 15) is 18.4 Å². The molecule has 2 saturated carbocycles. The van der Waals surface area contributed by atoms with E-state index in [4.69, 9.17) is 0 Å². The highest BCUT2D eigenvalue weighted by Gasteiger charge is 2.49. The molecule has 6 rings (SSSR count). The number of carbonyl (C=O) groups excluding carboxylic acids is 2. The molecule has 3 aromatic rings. The number of rotatable bonds is 7. The number of amides is 2. The van der Waals surface area contributed by atoms with Crippen LogP contribution < -0.4 is 10.6 Å². The van der Waals surface area contributed by atoms with E-state index in [-0.39, 0.29) is 17.3 Å². The Kier molecular flexibility index (Phi) is 7.31. The maximum Gasteiger partial charge on any atom is 0.273 e.